The van der Waals surface area contributed by atoms with Gasteiger partial charge in [-0.15, -0.1) is 0 Å². The molecule has 4 heteroatoms. The van der Waals surface area contributed by atoms with E-state index in [0.717, 1.165) is 29.8 Å². The number of nitrogens with zero attached hydrogens (tertiary/aromatic N) is 2. The molecule has 50 heavy (non-hydrogen) atoms. The van der Waals surface area contributed by atoms with Gasteiger partial charge in [-0.2, -0.15) is 0 Å². The van der Waals surface area contributed by atoms with Crippen molar-refractivity contribution in [1.29, 1.82) is 0 Å². The first-order chi connectivity index (χ1) is 24.6. The quantitative estimate of drug-likeness (QED) is 0.201. The molecule has 0 amide bonds. The number of hydrogen-bond donors (Lipinski definition) is 2. The first kappa shape index (κ1) is 29.5. The van der Waals surface area contributed by atoms with Gasteiger partial charge in [0.05, 0.1) is 5.52 Å². The molecule has 0 saturated carbocycles. The van der Waals surface area contributed by atoms with Crippen molar-refractivity contribution in [2.45, 2.75) is 50.4 Å². The van der Waals surface area contributed by atoms with Crippen LogP contribution in [0.1, 0.15) is 72.8 Å². The van der Waals surface area contributed by atoms with Crippen molar-refractivity contribution in [1.82, 2.24) is 15.2 Å². The van der Waals surface area contributed by atoms with Crippen molar-refractivity contribution < 1.29 is 0 Å². The third-order valence-corrected chi connectivity index (χ3v) is 11.5. The predicted molar refractivity (Wildman–Crippen MR) is 207 cm³/mol. The molecule has 5 aromatic carbocycles. The van der Waals surface area contributed by atoms with Crippen LogP contribution in [0.25, 0.3) is 39.5 Å². The van der Waals surface area contributed by atoms with Crippen LogP contribution in [0.5, 0.6) is 0 Å². The Morgan fingerprint density at radius 1 is 0.720 bits per heavy atom. The highest BCUT2D eigenvalue weighted by Gasteiger charge is 2.47. The van der Waals surface area contributed by atoms with Crippen LogP contribution in [0.3, 0.4) is 0 Å². The van der Waals surface area contributed by atoms with Crippen LogP contribution in [-0.4, -0.2) is 10.4 Å². The molecular formula is C46H40N4. The van der Waals surface area contributed by atoms with Crippen LogP contribution in [-0.2, 0) is 5.41 Å². The van der Waals surface area contributed by atoms with Gasteiger partial charge in [-0.25, -0.2) is 4.99 Å². The average molecular weight is 649 g/mol. The molecule has 1 aromatic heterocycles. The maximum atomic E-state index is 5.11. The van der Waals surface area contributed by atoms with Gasteiger partial charge in [0.25, 0.3) is 0 Å². The van der Waals surface area contributed by atoms with Crippen LogP contribution in [0.4, 0.5) is 0 Å². The van der Waals surface area contributed by atoms with Gasteiger partial charge in [-0.3, -0.25) is 5.32 Å². The van der Waals surface area contributed by atoms with E-state index in [1.807, 2.05) is 0 Å². The molecule has 0 spiro atoms. The van der Waals surface area contributed by atoms with Crippen molar-refractivity contribution in [2.75, 3.05) is 0 Å². The largest absolute Gasteiger partial charge is 0.350 e. The van der Waals surface area contributed by atoms with Gasteiger partial charge >= 0.3 is 0 Å². The van der Waals surface area contributed by atoms with Gasteiger partial charge < -0.3 is 9.88 Å². The van der Waals surface area contributed by atoms with E-state index in [-0.39, 0.29) is 17.7 Å². The van der Waals surface area contributed by atoms with E-state index in [9.17, 15) is 0 Å². The summed E-state index contributed by atoms with van der Waals surface area (Å²) in [5.41, 5.74) is 8.97. The van der Waals surface area contributed by atoms with Crippen LogP contribution >= 0.6 is 0 Å². The fourth-order valence-corrected chi connectivity index (χ4v) is 9.27. The van der Waals surface area contributed by atoms with Gasteiger partial charge in [-0.05, 0) is 69.3 Å². The summed E-state index contributed by atoms with van der Waals surface area (Å²) in [4.78, 5) is 5.11. The molecule has 0 saturated heterocycles. The SMILES string of the molecule is CC1(C)c2c(c3ccccc3c3c4c(n(-c5ccc(C6NC(c7ccccc7)=NC(c7ccccc7)N6)cc5)c23)=CCCC=4)C2C=CC=CC21. The molecular weight excluding hydrogens is 609 g/mol. The minimum absolute atomic E-state index is 0.0300. The standard InChI is InChI=1S/C46H40N4/c1-46(2)37-23-13-11-21-35(37)39-33-19-9-10-20-34(33)40-36-22-12-14-24-38(36)50(42(40)41(39)46)32-27-25-31(26-28-32)45-48-43(29-15-5-3-6-16-29)47-44(49-45)30-17-7-4-8-18-30/h3-11,13,15-28,35,37,43,45,48H,12,14H2,1-2H3,(H,47,49). The lowest BCUT2D eigenvalue weighted by molar-refractivity contribution is 0.396. The number of nitrogens with one attached hydrogen (secondary N) is 2. The summed E-state index contributed by atoms with van der Waals surface area (Å²) in [6.45, 7) is 4.94. The van der Waals surface area contributed by atoms with E-state index in [0.29, 0.717) is 11.8 Å². The van der Waals surface area contributed by atoms with E-state index in [1.165, 1.54) is 54.6 Å². The number of fused-ring (bicyclic) bond motifs is 10. The zero-order chi connectivity index (χ0) is 33.4. The molecule has 244 valence electrons. The Labute approximate surface area is 292 Å². The monoisotopic (exact) mass is 648 g/mol. The van der Waals surface area contributed by atoms with E-state index >= 15 is 0 Å². The van der Waals surface area contributed by atoms with Gasteiger partial charge in [0.1, 0.15) is 18.2 Å². The summed E-state index contributed by atoms with van der Waals surface area (Å²) in [5, 5.41) is 14.4. The van der Waals surface area contributed by atoms with Crippen LogP contribution in [0, 0.1) is 5.92 Å². The highest BCUT2D eigenvalue weighted by Crippen LogP contribution is 2.57. The lowest BCUT2D eigenvalue weighted by Gasteiger charge is -2.32. The van der Waals surface area contributed by atoms with Gasteiger partial charge in [0.15, 0.2) is 0 Å². The minimum Gasteiger partial charge on any atom is -0.350 e. The molecule has 4 nitrogen and oxygen atoms in total. The maximum Gasteiger partial charge on any atom is 0.131 e. The fourth-order valence-electron chi connectivity index (χ4n) is 9.27. The molecule has 4 aliphatic rings. The number of benzene rings is 5. The summed E-state index contributed by atoms with van der Waals surface area (Å²) in [6.07, 6.45) is 16.2. The summed E-state index contributed by atoms with van der Waals surface area (Å²) < 4.78 is 2.59. The molecule has 1 aliphatic heterocycles. The zero-order valence-corrected chi connectivity index (χ0v) is 28.5. The molecule has 0 fully saturated rings. The van der Waals surface area contributed by atoms with Crippen LogP contribution in [0.15, 0.2) is 138 Å². The highest BCUT2D eigenvalue weighted by molar-refractivity contribution is 6.12. The lowest BCUT2D eigenvalue weighted by Crippen LogP contribution is -2.44. The van der Waals surface area contributed by atoms with Crippen molar-refractivity contribution in [3.63, 3.8) is 0 Å². The van der Waals surface area contributed by atoms with Crippen LogP contribution < -0.4 is 21.2 Å². The second kappa shape index (κ2) is 11.3. The maximum absolute atomic E-state index is 5.11. The lowest BCUT2D eigenvalue weighted by atomic mass is 9.74. The first-order valence-electron chi connectivity index (χ1n) is 18.0. The normalized spacial score (nSPS) is 23.0. The van der Waals surface area contributed by atoms with Crippen molar-refractivity contribution in [3.8, 4) is 5.69 Å². The van der Waals surface area contributed by atoms with E-state index in [1.54, 1.807) is 0 Å². The Balaban J connectivity index is 1.15. The highest BCUT2D eigenvalue weighted by atomic mass is 15.3. The van der Waals surface area contributed by atoms with Crippen molar-refractivity contribution in [2.24, 2.45) is 10.9 Å². The Bertz CT molecular complexity index is 2520. The molecule has 3 aliphatic carbocycles. The van der Waals surface area contributed by atoms with E-state index < -0.39 is 0 Å². The molecule has 2 heterocycles. The molecule has 0 radical (unpaired) electrons. The van der Waals surface area contributed by atoms with Crippen molar-refractivity contribution >= 4 is 39.7 Å². The fraction of sp³-hybridized carbons (Fsp3) is 0.196. The molecule has 4 atom stereocenters. The van der Waals surface area contributed by atoms with Gasteiger partial charge in [0.2, 0.25) is 0 Å². The summed E-state index contributed by atoms with van der Waals surface area (Å²) in [7, 11) is 0. The van der Waals surface area contributed by atoms with E-state index in [2.05, 4.69) is 175 Å². The third-order valence-electron chi connectivity index (χ3n) is 11.5. The molecule has 2 N–H and O–H groups in total. The first-order valence-corrected chi connectivity index (χ1v) is 18.0. The second-order valence-electron chi connectivity index (χ2n) is 14.7. The Hall–Kier alpha value is -5.45. The number of allylic oxidation sites excluding steroid dienone is 4. The minimum atomic E-state index is -0.160. The number of hydrogen-bond acceptors (Lipinski definition) is 3. The zero-order valence-electron chi connectivity index (χ0n) is 28.5. The van der Waals surface area contributed by atoms with Gasteiger partial charge in [0, 0.05) is 33.1 Å². The third kappa shape index (κ3) is 4.38. The van der Waals surface area contributed by atoms with Gasteiger partial charge in [-0.1, -0.05) is 147 Å². The average Bonchev–Trinajstić information content (AvgIpc) is 3.65. The smallest absolute Gasteiger partial charge is 0.131 e. The molecule has 6 aromatic rings. The summed E-state index contributed by atoms with van der Waals surface area (Å²) in [5.74, 6) is 1.70. The Kier molecular flexibility index (Phi) is 6.66. The van der Waals surface area contributed by atoms with Crippen molar-refractivity contribution in [3.05, 3.63) is 172 Å². The number of aromatic nitrogens is 1. The number of amidine groups is 1. The number of rotatable bonds is 4. The van der Waals surface area contributed by atoms with Crippen LogP contribution in [0.2, 0.25) is 0 Å². The Morgan fingerprint density at radius 3 is 2.22 bits per heavy atom. The second-order valence-corrected chi connectivity index (χ2v) is 14.7. The molecule has 0 bridgehead atoms. The molecule has 4 unspecified atom stereocenters. The topological polar surface area (TPSA) is 41.4 Å². The number of aliphatic imine (C=N–C) groups is 1. The molecule has 10 rings (SSSR count). The Morgan fingerprint density at radius 2 is 1.42 bits per heavy atom. The van der Waals surface area contributed by atoms with E-state index in [4.69, 9.17) is 4.99 Å². The summed E-state index contributed by atoms with van der Waals surface area (Å²) in [6, 6.07) is 39.3. The summed E-state index contributed by atoms with van der Waals surface area (Å²) >= 11 is 0. The predicted octanol–water partition coefficient (Wildman–Crippen LogP) is 8.59.